The third kappa shape index (κ3) is 10.5. The molecular weight excluding hydrogens is 590 g/mol. The number of nitrogens with zero attached hydrogens (tertiary/aromatic N) is 1. The highest BCUT2D eigenvalue weighted by molar-refractivity contribution is 6.34. The second kappa shape index (κ2) is 15.8. The molecule has 0 saturated carbocycles. The average Bonchev–Trinajstić information content (AvgIpc) is 2.96. The molecule has 8 nitrogen and oxygen atoms in total. The normalized spacial score (nSPS) is 13.4. The van der Waals surface area contributed by atoms with Gasteiger partial charge in [0.2, 0.25) is 5.91 Å². The average molecular weight is 636 g/mol. The zero-order valence-electron chi connectivity index (χ0n) is 27.3. The van der Waals surface area contributed by atoms with Crippen LogP contribution in [0.25, 0.3) is 0 Å². The molecule has 45 heavy (non-hydrogen) atoms. The smallest absolute Gasteiger partial charge is 0.408 e. The molecule has 3 N–H and O–H groups in total. The van der Waals surface area contributed by atoms with Gasteiger partial charge in [0.25, 0.3) is 5.91 Å². The largest absolute Gasteiger partial charge is 0.508 e. The molecule has 0 fully saturated rings. The molecule has 0 aliphatic carbocycles. The van der Waals surface area contributed by atoms with Crippen LogP contribution in [0.2, 0.25) is 5.02 Å². The number of hydrogen-bond acceptors (Lipinski definition) is 5. The standard InChI is InChI=1S/C36H46ClN3O5/c1-23(2)16-17-25(4)40(34(43)30(22-26-13-9-8-10-14-26)38-35(44)45-36(5,6)7)32(27-18-20-28(41)21-19-27)33(42)39-31-24(3)12-11-15-29(31)37/h8-15,18-21,23,25,30,32,41H,16-17,22H2,1-7H3,(H,38,44)(H,39,42). The van der Waals surface area contributed by atoms with E-state index in [4.69, 9.17) is 16.3 Å². The maximum atomic E-state index is 14.8. The number of nitrogens with one attached hydrogen (secondary N) is 2. The predicted octanol–water partition coefficient (Wildman–Crippen LogP) is 7.82. The quantitative estimate of drug-likeness (QED) is 0.188. The highest BCUT2D eigenvalue weighted by Gasteiger charge is 2.39. The van der Waals surface area contributed by atoms with Crippen LogP contribution >= 0.6 is 11.6 Å². The highest BCUT2D eigenvalue weighted by Crippen LogP contribution is 2.32. The molecule has 9 heteroatoms. The molecule has 0 aliphatic heterocycles. The van der Waals surface area contributed by atoms with Gasteiger partial charge in [0.15, 0.2) is 0 Å². The first-order valence-electron chi connectivity index (χ1n) is 15.4. The lowest BCUT2D eigenvalue weighted by molar-refractivity contribution is -0.143. The van der Waals surface area contributed by atoms with Crippen molar-refractivity contribution in [2.45, 2.75) is 91.5 Å². The minimum absolute atomic E-state index is 0.0270. The molecule has 0 heterocycles. The number of aromatic hydroxyl groups is 1. The molecule has 3 unspecified atom stereocenters. The Kier molecular flexibility index (Phi) is 12.4. The Hall–Kier alpha value is -4.04. The predicted molar refractivity (Wildman–Crippen MR) is 179 cm³/mol. The number of amides is 3. The molecule has 0 spiro atoms. The number of ether oxygens (including phenoxy) is 1. The van der Waals surface area contributed by atoms with E-state index in [1.165, 1.54) is 12.1 Å². The van der Waals surface area contributed by atoms with Crippen molar-refractivity contribution in [3.63, 3.8) is 0 Å². The summed E-state index contributed by atoms with van der Waals surface area (Å²) in [7, 11) is 0. The van der Waals surface area contributed by atoms with Gasteiger partial charge in [-0.25, -0.2) is 4.79 Å². The lowest BCUT2D eigenvalue weighted by atomic mass is 9.95. The Balaban J connectivity index is 2.15. The number of carbonyl (C=O) groups excluding carboxylic acids is 3. The van der Waals surface area contributed by atoms with Crippen molar-refractivity contribution in [3.05, 3.63) is 94.5 Å². The van der Waals surface area contributed by atoms with Crippen LogP contribution in [0, 0.1) is 12.8 Å². The minimum atomic E-state index is -1.12. The molecule has 3 rings (SSSR count). The highest BCUT2D eigenvalue weighted by atomic mass is 35.5. The van der Waals surface area contributed by atoms with Crippen LogP contribution < -0.4 is 10.6 Å². The van der Waals surface area contributed by atoms with Gasteiger partial charge in [-0.3, -0.25) is 9.59 Å². The van der Waals surface area contributed by atoms with Gasteiger partial charge < -0.3 is 25.4 Å². The molecule has 0 saturated heterocycles. The summed E-state index contributed by atoms with van der Waals surface area (Å²) in [6.07, 6.45) is 0.867. The van der Waals surface area contributed by atoms with Crippen LogP contribution in [0.15, 0.2) is 72.8 Å². The van der Waals surface area contributed by atoms with Crippen molar-refractivity contribution in [2.75, 3.05) is 5.32 Å². The van der Waals surface area contributed by atoms with Crippen molar-refractivity contribution in [1.82, 2.24) is 10.2 Å². The van der Waals surface area contributed by atoms with Crippen LogP contribution in [-0.2, 0) is 20.7 Å². The SMILES string of the molecule is Cc1cccc(Cl)c1NC(=O)C(c1ccc(O)cc1)N(C(=O)C(Cc1ccccc1)NC(=O)OC(C)(C)C)C(C)CCC(C)C. The van der Waals surface area contributed by atoms with Crippen LogP contribution in [0.1, 0.15) is 77.1 Å². The van der Waals surface area contributed by atoms with E-state index >= 15 is 0 Å². The third-order valence-corrected chi connectivity index (χ3v) is 7.68. The van der Waals surface area contributed by atoms with Gasteiger partial charge in [0.05, 0.1) is 10.7 Å². The lowest BCUT2D eigenvalue weighted by Gasteiger charge is -2.39. The van der Waals surface area contributed by atoms with Gasteiger partial charge in [-0.1, -0.05) is 80.0 Å². The summed E-state index contributed by atoms with van der Waals surface area (Å²) in [6.45, 7) is 13.2. The van der Waals surface area contributed by atoms with Gasteiger partial charge >= 0.3 is 6.09 Å². The number of hydrogen-bond donors (Lipinski definition) is 3. The van der Waals surface area contributed by atoms with Crippen LogP contribution in [-0.4, -0.2) is 45.6 Å². The number of alkyl carbamates (subject to hydrolysis) is 1. The summed E-state index contributed by atoms with van der Waals surface area (Å²) < 4.78 is 5.54. The van der Waals surface area contributed by atoms with Crippen molar-refractivity contribution in [1.29, 1.82) is 0 Å². The van der Waals surface area contributed by atoms with Gasteiger partial charge in [0.1, 0.15) is 23.4 Å². The summed E-state index contributed by atoms with van der Waals surface area (Å²) in [5.74, 6) is -0.530. The maximum Gasteiger partial charge on any atom is 0.408 e. The zero-order valence-corrected chi connectivity index (χ0v) is 28.0. The van der Waals surface area contributed by atoms with Crippen LogP contribution in [0.4, 0.5) is 10.5 Å². The fraction of sp³-hybridized carbons (Fsp3) is 0.417. The molecule has 0 aromatic heterocycles. The number of phenols is 1. The van der Waals surface area contributed by atoms with E-state index in [9.17, 15) is 19.5 Å². The van der Waals surface area contributed by atoms with Crippen molar-refractivity contribution in [3.8, 4) is 5.75 Å². The van der Waals surface area contributed by atoms with Gasteiger partial charge in [-0.15, -0.1) is 0 Å². The first-order chi connectivity index (χ1) is 21.2. The first kappa shape index (κ1) is 35.4. The summed E-state index contributed by atoms with van der Waals surface area (Å²) in [5, 5.41) is 16.2. The van der Waals surface area contributed by atoms with Gasteiger partial charge in [0, 0.05) is 12.5 Å². The van der Waals surface area contributed by atoms with E-state index in [-0.39, 0.29) is 12.2 Å². The minimum Gasteiger partial charge on any atom is -0.508 e. The number of anilines is 1. The van der Waals surface area contributed by atoms with E-state index in [0.717, 1.165) is 17.5 Å². The fourth-order valence-corrected chi connectivity index (χ4v) is 5.34. The molecule has 0 radical (unpaired) electrons. The van der Waals surface area contributed by atoms with Crippen LogP contribution in [0.5, 0.6) is 5.75 Å². The first-order valence-corrected chi connectivity index (χ1v) is 15.7. The van der Waals surface area contributed by atoms with Crippen molar-refractivity contribution < 1.29 is 24.2 Å². The van der Waals surface area contributed by atoms with E-state index in [2.05, 4.69) is 24.5 Å². The summed E-state index contributed by atoms with van der Waals surface area (Å²) in [5.41, 5.74) is 1.76. The lowest BCUT2D eigenvalue weighted by Crippen LogP contribution is -2.55. The van der Waals surface area contributed by atoms with E-state index in [1.54, 1.807) is 49.9 Å². The summed E-state index contributed by atoms with van der Waals surface area (Å²) >= 11 is 6.50. The van der Waals surface area contributed by atoms with Gasteiger partial charge in [-0.2, -0.15) is 0 Å². The van der Waals surface area contributed by atoms with E-state index in [0.29, 0.717) is 28.6 Å². The molecule has 3 amide bonds. The number of halogens is 1. The Morgan fingerprint density at radius 3 is 2.13 bits per heavy atom. The Bertz CT molecular complexity index is 1420. The number of aryl methyl sites for hydroxylation is 1. The maximum absolute atomic E-state index is 14.8. The Morgan fingerprint density at radius 2 is 1.56 bits per heavy atom. The Morgan fingerprint density at radius 1 is 0.911 bits per heavy atom. The number of rotatable bonds is 12. The summed E-state index contributed by atoms with van der Waals surface area (Å²) in [4.78, 5) is 43.8. The molecule has 3 atom stereocenters. The third-order valence-electron chi connectivity index (χ3n) is 7.37. The van der Waals surface area contributed by atoms with Gasteiger partial charge in [-0.05, 0) is 88.3 Å². The van der Waals surface area contributed by atoms with Crippen LogP contribution in [0.3, 0.4) is 0 Å². The second-order valence-electron chi connectivity index (χ2n) is 12.9. The number of phenolic OH excluding ortho intramolecular Hbond substituents is 1. The summed E-state index contributed by atoms with van der Waals surface area (Å²) in [6, 6.07) is 18.4. The molecule has 3 aromatic carbocycles. The number of para-hydroxylation sites is 1. The molecule has 0 bridgehead atoms. The fourth-order valence-electron chi connectivity index (χ4n) is 5.07. The topological polar surface area (TPSA) is 108 Å². The second-order valence-corrected chi connectivity index (χ2v) is 13.3. The molecular formula is C36H46ClN3O5. The zero-order chi connectivity index (χ0) is 33.3. The number of carbonyl (C=O) groups is 3. The Labute approximate surface area is 272 Å². The van der Waals surface area contributed by atoms with E-state index in [1.807, 2.05) is 50.2 Å². The van der Waals surface area contributed by atoms with Crippen molar-refractivity contribution in [2.24, 2.45) is 5.92 Å². The van der Waals surface area contributed by atoms with E-state index < -0.39 is 41.6 Å². The number of benzene rings is 3. The van der Waals surface area contributed by atoms with Crippen molar-refractivity contribution >= 4 is 35.2 Å². The monoisotopic (exact) mass is 635 g/mol. The molecule has 242 valence electrons. The molecule has 0 aliphatic rings. The molecule has 3 aromatic rings.